The summed E-state index contributed by atoms with van der Waals surface area (Å²) in [7, 11) is 1.57. The van der Waals surface area contributed by atoms with Gasteiger partial charge in [-0.3, -0.25) is 11.3 Å². The lowest BCUT2D eigenvalue weighted by molar-refractivity contribution is 0.401. The lowest BCUT2D eigenvalue weighted by atomic mass is 10.1. The molecule has 3 nitrogen and oxygen atoms in total. The van der Waals surface area contributed by atoms with Gasteiger partial charge in [0.25, 0.3) is 0 Å². The van der Waals surface area contributed by atoms with Gasteiger partial charge in [-0.1, -0.05) is 6.92 Å². The van der Waals surface area contributed by atoms with Crippen LogP contribution in [0, 0.1) is 5.82 Å². The van der Waals surface area contributed by atoms with Crippen LogP contribution >= 0.6 is 11.8 Å². The Morgan fingerprint density at radius 3 is 2.88 bits per heavy atom. The normalized spacial score (nSPS) is 12.5. The second-order valence-electron chi connectivity index (χ2n) is 3.26. The first-order valence-corrected chi connectivity index (χ1v) is 6.25. The summed E-state index contributed by atoms with van der Waals surface area (Å²) in [5, 5.41) is 0. The van der Waals surface area contributed by atoms with Gasteiger partial charge in [0.2, 0.25) is 0 Å². The van der Waals surface area contributed by atoms with Gasteiger partial charge in [-0.25, -0.2) is 4.39 Å². The third-order valence-electron chi connectivity index (χ3n) is 2.26. The maximum absolute atomic E-state index is 13.2. The Hall–Kier alpha value is -0.780. The van der Waals surface area contributed by atoms with Gasteiger partial charge < -0.3 is 4.74 Å². The van der Waals surface area contributed by atoms with E-state index >= 15 is 0 Å². The van der Waals surface area contributed by atoms with Crippen molar-refractivity contribution in [3.8, 4) is 5.75 Å². The molecule has 0 aliphatic rings. The van der Waals surface area contributed by atoms with Crippen LogP contribution in [0.3, 0.4) is 0 Å². The number of nitrogens with one attached hydrogen (secondary N) is 1. The molecule has 1 aromatic rings. The Morgan fingerprint density at radius 2 is 2.31 bits per heavy atom. The lowest BCUT2D eigenvalue weighted by Gasteiger charge is -2.18. The number of methoxy groups -OCH3 is 1. The number of hydrazine groups is 1. The fourth-order valence-electron chi connectivity index (χ4n) is 1.44. The molecule has 0 amide bonds. The molecule has 0 aromatic heterocycles. The molecule has 0 aliphatic heterocycles. The minimum Gasteiger partial charge on any atom is -0.496 e. The van der Waals surface area contributed by atoms with Gasteiger partial charge in [-0.15, -0.1) is 0 Å². The van der Waals surface area contributed by atoms with Crippen molar-refractivity contribution in [2.45, 2.75) is 13.0 Å². The Bertz CT molecular complexity index is 336. The van der Waals surface area contributed by atoms with Crippen LogP contribution in [0.2, 0.25) is 0 Å². The van der Waals surface area contributed by atoms with Crippen molar-refractivity contribution >= 4 is 11.8 Å². The van der Waals surface area contributed by atoms with E-state index in [-0.39, 0.29) is 11.9 Å². The predicted molar refractivity (Wildman–Crippen MR) is 66.0 cm³/mol. The quantitative estimate of drug-likeness (QED) is 0.594. The number of hydrogen-bond donors (Lipinski definition) is 2. The Morgan fingerprint density at radius 1 is 1.56 bits per heavy atom. The first-order chi connectivity index (χ1) is 7.72. The molecule has 0 aliphatic carbocycles. The molecule has 0 radical (unpaired) electrons. The molecule has 0 spiro atoms. The topological polar surface area (TPSA) is 47.3 Å². The highest BCUT2D eigenvalue weighted by Gasteiger charge is 2.15. The molecule has 3 N–H and O–H groups in total. The number of nitrogens with two attached hydrogens (primary N) is 1. The highest BCUT2D eigenvalue weighted by molar-refractivity contribution is 7.99. The summed E-state index contributed by atoms with van der Waals surface area (Å²) >= 11 is 1.74. The molecular weight excluding hydrogens is 227 g/mol. The van der Waals surface area contributed by atoms with Crippen molar-refractivity contribution < 1.29 is 9.13 Å². The minimum atomic E-state index is -0.280. The van der Waals surface area contributed by atoms with E-state index in [2.05, 4.69) is 12.3 Å². The Kier molecular flexibility index (Phi) is 5.59. The summed E-state index contributed by atoms with van der Waals surface area (Å²) in [6.07, 6.45) is 0. The second kappa shape index (κ2) is 6.73. The zero-order chi connectivity index (χ0) is 12.0. The average Bonchev–Trinajstić information content (AvgIpc) is 2.30. The molecule has 0 heterocycles. The summed E-state index contributed by atoms with van der Waals surface area (Å²) in [6, 6.07) is 4.35. The van der Waals surface area contributed by atoms with E-state index in [0.29, 0.717) is 5.75 Å². The largest absolute Gasteiger partial charge is 0.496 e. The number of halogens is 1. The highest BCUT2D eigenvalue weighted by atomic mass is 32.2. The van der Waals surface area contributed by atoms with Crippen LogP contribution in [-0.2, 0) is 0 Å². The maximum atomic E-state index is 13.2. The zero-order valence-corrected chi connectivity index (χ0v) is 10.3. The number of rotatable bonds is 6. The van der Waals surface area contributed by atoms with Crippen molar-refractivity contribution in [1.82, 2.24) is 5.43 Å². The minimum absolute atomic E-state index is 0.101. The van der Waals surface area contributed by atoms with Gasteiger partial charge in [-0.2, -0.15) is 11.8 Å². The molecule has 1 aromatic carbocycles. The van der Waals surface area contributed by atoms with E-state index in [4.69, 9.17) is 10.6 Å². The number of thioether (sulfide) groups is 1. The van der Waals surface area contributed by atoms with E-state index in [9.17, 15) is 4.39 Å². The van der Waals surface area contributed by atoms with E-state index in [1.54, 1.807) is 24.9 Å². The monoisotopic (exact) mass is 244 g/mol. The Balaban J connectivity index is 2.92. The standard InChI is InChI=1S/C11H17FN2OS/c1-3-16-7-10(14-13)9-6-8(12)4-5-11(9)15-2/h4-6,10,14H,3,7,13H2,1-2H3. The van der Waals surface area contributed by atoms with Crippen LogP contribution in [0.5, 0.6) is 5.75 Å². The van der Waals surface area contributed by atoms with Gasteiger partial charge in [0.1, 0.15) is 11.6 Å². The molecule has 16 heavy (non-hydrogen) atoms. The zero-order valence-electron chi connectivity index (χ0n) is 9.50. The molecule has 5 heteroatoms. The molecule has 0 fully saturated rings. The van der Waals surface area contributed by atoms with Crippen molar-refractivity contribution in [1.29, 1.82) is 0 Å². The Labute approximate surface area is 99.5 Å². The van der Waals surface area contributed by atoms with Crippen molar-refractivity contribution in [2.24, 2.45) is 5.84 Å². The fourth-order valence-corrected chi connectivity index (χ4v) is 2.19. The number of hydrogen-bond acceptors (Lipinski definition) is 4. The molecule has 1 atom stereocenters. The summed E-state index contributed by atoms with van der Waals surface area (Å²) in [5.41, 5.74) is 3.44. The fraction of sp³-hybridized carbons (Fsp3) is 0.455. The predicted octanol–water partition coefficient (Wildman–Crippen LogP) is 2.09. The van der Waals surface area contributed by atoms with Crippen LogP contribution in [-0.4, -0.2) is 18.6 Å². The van der Waals surface area contributed by atoms with Gasteiger partial charge in [0.15, 0.2) is 0 Å². The van der Waals surface area contributed by atoms with Crippen LogP contribution in [0.4, 0.5) is 4.39 Å². The van der Waals surface area contributed by atoms with Crippen LogP contribution in [0.15, 0.2) is 18.2 Å². The summed E-state index contributed by atoms with van der Waals surface area (Å²) < 4.78 is 18.4. The van der Waals surface area contributed by atoms with Gasteiger partial charge in [0, 0.05) is 11.3 Å². The summed E-state index contributed by atoms with van der Waals surface area (Å²) in [5.74, 6) is 7.63. The average molecular weight is 244 g/mol. The smallest absolute Gasteiger partial charge is 0.123 e. The van der Waals surface area contributed by atoms with E-state index in [0.717, 1.165) is 17.1 Å². The van der Waals surface area contributed by atoms with Gasteiger partial charge in [-0.05, 0) is 24.0 Å². The van der Waals surface area contributed by atoms with Crippen LogP contribution < -0.4 is 16.0 Å². The maximum Gasteiger partial charge on any atom is 0.123 e. The van der Waals surface area contributed by atoms with E-state index in [1.807, 2.05) is 0 Å². The molecule has 90 valence electrons. The molecule has 0 bridgehead atoms. The first kappa shape index (κ1) is 13.3. The van der Waals surface area contributed by atoms with E-state index < -0.39 is 0 Å². The lowest BCUT2D eigenvalue weighted by Crippen LogP contribution is -2.30. The van der Waals surface area contributed by atoms with Crippen molar-refractivity contribution in [2.75, 3.05) is 18.6 Å². The number of benzene rings is 1. The van der Waals surface area contributed by atoms with Crippen molar-refractivity contribution in [3.05, 3.63) is 29.6 Å². The molecule has 0 saturated carbocycles. The third-order valence-corrected chi connectivity index (χ3v) is 3.23. The highest BCUT2D eigenvalue weighted by Crippen LogP contribution is 2.27. The van der Waals surface area contributed by atoms with E-state index in [1.165, 1.54) is 12.1 Å². The van der Waals surface area contributed by atoms with Crippen LogP contribution in [0.1, 0.15) is 18.5 Å². The van der Waals surface area contributed by atoms with Gasteiger partial charge >= 0.3 is 0 Å². The van der Waals surface area contributed by atoms with Gasteiger partial charge in [0.05, 0.1) is 13.2 Å². The molecule has 1 rings (SSSR count). The first-order valence-electron chi connectivity index (χ1n) is 5.10. The molecular formula is C11H17FN2OS. The second-order valence-corrected chi connectivity index (χ2v) is 4.58. The molecule has 0 saturated heterocycles. The van der Waals surface area contributed by atoms with Crippen LogP contribution in [0.25, 0.3) is 0 Å². The van der Waals surface area contributed by atoms with Crippen molar-refractivity contribution in [3.63, 3.8) is 0 Å². The number of ether oxygens (including phenoxy) is 1. The summed E-state index contributed by atoms with van der Waals surface area (Å²) in [6.45, 7) is 2.07. The summed E-state index contributed by atoms with van der Waals surface area (Å²) in [4.78, 5) is 0. The third kappa shape index (κ3) is 3.37. The molecule has 1 unspecified atom stereocenters. The SMILES string of the molecule is CCSCC(NN)c1cc(F)ccc1OC.